The van der Waals surface area contributed by atoms with Crippen LogP contribution in [0.5, 0.6) is 0 Å². The predicted molar refractivity (Wildman–Crippen MR) is 73.7 cm³/mol. The Hall–Kier alpha value is -1.56. The molecule has 0 aromatic heterocycles. The number of aliphatic carboxylic acids is 1. The van der Waals surface area contributed by atoms with E-state index in [4.69, 9.17) is 5.11 Å². The number of amides is 1. The maximum absolute atomic E-state index is 12.7. The molecule has 6 heteroatoms. The second kappa shape index (κ2) is 7.13. The van der Waals surface area contributed by atoms with Crippen LogP contribution in [-0.2, 0) is 9.59 Å². The van der Waals surface area contributed by atoms with Crippen molar-refractivity contribution < 1.29 is 19.1 Å². The van der Waals surface area contributed by atoms with Gasteiger partial charge >= 0.3 is 5.97 Å². The Morgan fingerprint density at radius 3 is 2.37 bits per heavy atom. The van der Waals surface area contributed by atoms with Gasteiger partial charge in [-0.05, 0) is 30.2 Å². The van der Waals surface area contributed by atoms with Crippen LogP contribution in [0.25, 0.3) is 0 Å². The van der Waals surface area contributed by atoms with E-state index < -0.39 is 11.2 Å². The monoisotopic (exact) mass is 285 g/mol. The number of nitrogens with one attached hydrogen (secondary N) is 1. The zero-order chi connectivity index (χ0) is 14.4. The van der Waals surface area contributed by atoms with Crippen LogP contribution < -0.4 is 5.32 Å². The molecule has 1 amide bonds. The second-order valence-corrected chi connectivity index (χ2v) is 5.50. The molecule has 0 radical (unpaired) electrons. The van der Waals surface area contributed by atoms with Crippen LogP contribution in [0, 0.1) is 11.7 Å². The first-order chi connectivity index (χ1) is 8.90. The van der Waals surface area contributed by atoms with Gasteiger partial charge in [0.1, 0.15) is 11.1 Å². The molecule has 2 N–H and O–H groups in total. The van der Waals surface area contributed by atoms with E-state index in [1.165, 1.54) is 24.3 Å². The first kappa shape index (κ1) is 15.5. The van der Waals surface area contributed by atoms with Gasteiger partial charge in [-0.1, -0.05) is 13.8 Å². The quantitative estimate of drug-likeness (QED) is 0.843. The standard InChI is InChI=1S/C13H16FNO3S/c1-8(2)12(13(17)18)19-7-11(16)15-10-5-3-9(14)4-6-10/h3-6,8,12H,7H2,1-2H3,(H,15,16)(H,17,18). The van der Waals surface area contributed by atoms with Crippen molar-refractivity contribution in [1.29, 1.82) is 0 Å². The zero-order valence-corrected chi connectivity index (χ0v) is 11.5. The van der Waals surface area contributed by atoms with E-state index in [0.717, 1.165) is 11.8 Å². The number of hydrogen-bond donors (Lipinski definition) is 2. The summed E-state index contributed by atoms with van der Waals surface area (Å²) in [6.45, 7) is 3.59. The van der Waals surface area contributed by atoms with Gasteiger partial charge in [-0.3, -0.25) is 9.59 Å². The molecule has 0 aliphatic carbocycles. The van der Waals surface area contributed by atoms with Crippen LogP contribution in [0.3, 0.4) is 0 Å². The van der Waals surface area contributed by atoms with E-state index in [2.05, 4.69) is 5.32 Å². The molecule has 0 heterocycles. The smallest absolute Gasteiger partial charge is 0.316 e. The molecule has 104 valence electrons. The molecular formula is C13H16FNO3S. The summed E-state index contributed by atoms with van der Waals surface area (Å²) in [5.41, 5.74) is 0.489. The van der Waals surface area contributed by atoms with Gasteiger partial charge in [0.05, 0.1) is 5.75 Å². The molecule has 1 aromatic carbocycles. The van der Waals surface area contributed by atoms with E-state index in [9.17, 15) is 14.0 Å². The number of benzene rings is 1. The molecule has 0 saturated carbocycles. The minimum atomic E-state index is -0.922. The van der Waals surface area contributed by atoms with E-state index in [1.807, 2.05) is 0 Å². The molecule has 0 fully saturated rings. The fourth-order valence-electron chi connectivity index (χ4n) is 1.44. The number of hydrogen-bond acceptors (Lipinski definition) is 3. The molecule has 1 rings (SSSR count). The van der Waals surface area contributed by atoms with Crippen molar-refractivity contribution in [2.75, 3.05) is 11.1 Å². The van der Waals surface area contributed by atoms with E-state index in [1.54, 1.807) is 13.8 Å². The van der Waals surface area contributed by atoms with Gasteiger partial charge in [-0.2, -0.15) is 0 Å². The molecule has 1 aromatic rings. The van der Waals surface area contributed by atoms with E-state index in [-0.39, 0.29) is 23.4 Å². The average Bonchev–Trinajstić information content (AvgIpc) is 2.31. The highest BCUT2D eigenvalue weighted by molar-refractivity contribution is 8.01. The van der Waals surface area contributed by atoms with Crippen molar-refractivity contribution >= 4 is 29.3 Å². The van der Waals surface area contributed by atoms with E-state index in [0.29, 0.717) is 5.69 Å². The van der Waals surface area contributed by atoms with Gasteiger partial charge in [0.25, 0.3) is 0 Å². The Morgan fingerprint density at radius 1 is 1.32 bits per heavy atom. The lowest BCUT2D eigenvalue weighted by Gasteiger charge is -2.15. The topological polar surface area (TPSA) is 66.4 Å². The summed E-state index contributed by atoms with van der Waals surface area (Å²) >= 11 is 1.08. The van der Waals surface area contributed by atoms with Crippen molar-refractivity contribution in [3.8, 4) is 0 Å². The summed E-state index contributed by atoms with van der Waals surface area (Å²) in [6, 6.07) is 5.40. The van der Waals surface area contributed by atoms with Gasteiger partial charge in [-0.15, -0.1) is 11.8 Å². The third kappa shape index (κ3) is 5.30. The number of carbonyl (C=O) groups is 2. The van der Waals surface area contributed by atoms with Crippen LogP contribution in [0.2, 0.25) is 0 Å². The molecule has 19 heavy (non-hydrogen) atoms. The van der Waals surface area contributed by atoms with Gasteiger partial charge in [0.2, 0.25) is 5.91 Å². The number of thioether (sulfide) groups is 1. The largest absolute Gasteiger partial charge is 0.480 e. The van der Waals surface area contributed by atoms with Crippen molar-refractivity contribution in [3.05, 3.63) is 30.1 Å². The molecule has 0 aliphatic heterocycles. The number of carboxylic acids is 1. The number of rotatable bonds is 6. The van der Waals surface area contributed by atoms with Crippen LogP contribution in [-0.4, -0.2) is 28.0 Å². The molecule has 1 atom stereocenters. The summed E-state index contributed by atoms with van der Waals surface area (Å²) in [7, 11) is 0. The summed E-state index contributed by atoms with van der Waals surface area (Å²) in [5.74, 6) is -1.61. The molecule has 1 unspecified atom stereocenters. The van der Waals surface area contributed by atoms with Gasteiger partial charge < -0.3 is 10.4 Å². The van der Waals surface area contributed by atoms with Gasteiger partial charge in [-0.25, -0.2) is 4.39 Å². The molecule has 0 aliphatic rings. The van der Waals surface area contributed by atoms with Crippen LogP contribution in [0.4, 0.5) is 10.1 Å². The first-order valence-corrected chi connectivity index (χ1v) is 6.85. The predicted octanol–water partition coefficient (Wildman–Crippen LogP) is 2.61. The summed E-state index contributed by atoms with van der Waals surface area (Å²) < 4.78 is 12.7. The maximum Gasteiger partial charge on any atom is 0.316 e. The summed E-state index contributed by atoms with van der Waals surface area (Å²) in [4.78, 5) is 22.6. The maximum atomic E-state index is 12.7. The number of carbonyl (C=O) groups excluding carboxylic acids is 1. The van der Waals surface area contributed by atoms with Crippen LogP contribution in [0.15, 0.2) is 24.3 Å². The Labute approximate surface area is 115 Å². The van der Waals surface area contributed by atoms with Crippen molar-refractivity contribution in [3.63, 3.8) is 0 Å². The minimum Gasteiger partial charge on any atom is -0.480 e. The van der Waals surface area contributed by atoms with Crippen molar-refractivity contribution in [1.82, 2.24) is 0 Å². The second-order valence-electron chi connectivity index (χ2n) is 4.37. The summed E-state index contributed by atoms with van der Waals surface area (Å²) in [5, 5.41) is 11.0. The fourth-order valence-corrected chi connectivity index (χ4v) is 2.38. The highest BCUT2D eigenvalue weighted by Gasteiger charge is 2.22. The third-order valence-electron chi connectivity index (χ3n) is 2.37. The molecular weight excluding hydrogens is 269 g/mol. The number of halogens is 1. The lowest BCUT2D eigenvalue weighted by atomic mass is 10.1. The van der Waals surface area contributed by atoms with E-state index >= 15 is 0 Å². The minimum absolute atomic E-state index is 0.0481. The highest BCUT2D eigenvalue weighted by atomic mass is 32.2. The lowest BCUT2D eigenvalue weighted by Crippen LogP contribution is -2.25. The van der Waals surface area contributed by atoms with Gasteiger partial charge in [0, 0.05) is 5.69 Å². The Balaban J connectivity index is 2.47. The molecule has 0 saturated heterocycles. The summed E-state index contributed by atoms with van der Waals surface area (Å²) in [6.07, 6.45) is 0. The molecule has 0 spiro atoms. The lowest BCUT2D eigenvalue weighted by molar-refractivity contribution is -0.137. The third-order valence-corrected chi connectivity index (χ3v) is 3.90. The number of anilines is 1. The van der Waals surface area contributed by atoms with Gasteiger partial charge in [0.15, 0.2) is 0 Å². The SMILES string of the molecule is CC(C)C(SCC(=O)Nc1ccc(F)cc1)C(=O)O. The number of carboxylic acid groups (broad SMARTS) is 1. The van der Waals surface area contributed by atoms with Crippen molar-refractivity contribution in [2.45, 2.75) is 19.1 Å². The molecule has 0 bridgehead atoms. The first-order valence-electron chi connectivity index (χ1n) is 5.80. The fraction of sp³-hybridized carbons (Fsp3) is 0.385. The Bertz CT molecular complexity index is 448. The normalized spacial score (nSPS) is 12.2. The van der Waals surface area contributed by atoms with Crippen LogP contribution >= 0.6 is 11.8 Å². The molecule has 4 nitrogen and oxygen atoms in total. The zero-order valence-electron chi connectivity index (χ0n) is 10.7. The highest BCUT2D eigenvalue weighted by Crippen LogP contribution is 2.20. The Morgan fingerprint density at radius 2 is 1.89 bits per heavy atom. The Kier molecular flexibility index (Phi) is 5.82. The van der Waals surface area contributed by atoms with Crippen LogP contribution in [0.1, 0.15) is 13.8 Å². The van der Waals surface area contributed by atoms with Crippen molar-refractivity contribution in [2.24, 2.45) is 5.92 Å². The average molecular weight is 285 g/mol.